The van der Waals surface area contributed by atoms with Gasteiger partial charge in [-0.25, -0.2) is 8.42 Å². The van der Waals surface area contributed by atoms with Crippen LogP contribution < -0.4 is 10.6 Å². The topological polar surface area (TPSA) is 73.8 Å². The fourth-order valence-corrected chi connectivity index (χ4v) is 5.53. The average Bonchev–Trinajstić information content (AvgIpc) is 3.29. The van der Waals surface area contributed by atoms with Gasteiger partial charge in [-0.3, -0.25) is 4.99 Å². The largest absolute Gasteiger partial charge is 0.354 e. The average molecular weight is 357 g/mol. The van der Waals surface area contributed by atoms with E-state index >= 15 is 0 Å². The maximum atomic E-state index is 11.6. The molecule has 3 fully saturated rings. The smallest absolute Gasteiger partial charge is 0.191 e. The van der Waals surface area contributed by atoms with Crippen LogP contribution in [-0.2, 0) is 9.84 Å². The van der Waals surface area contributed by atoms with E-state index in [0.717, 1.165) is 31.3 Å². The van der Waals surface area contributed by atoms with Gasteiger partial charge in [0.25, 0.3) is 0 Å². The number of hydrogen-bond donors (Lipinski definition) is 2. The lowest BCUT2D eigenvalue weighted by Gasteiger charge is -2.33. The molecule has 3 rings (SSSR count). The number of likely N-dealkylation sites (tertiary alicyclic amines) is 1. The SMILES string of the molecule is CC(C)NC(=NCC1CCS(=O)(=O)C1)NC1CCN(C2CC2)CC1. The normalized spacial score (nSPS) is 29.1. The quantitative estimate of drug-likeness (QED) is 0.568. The second kappa shape index (κ2) is 7.60. The van der Waals surface area contributed by atoms with Crippen LogP contribution in [0.2, 0.25) is 0 Å². The highest BCUT2D eigenvalue weighted by molar-refractivity contribution is 7.91. The molecule has 0 amide bonds. The predicted molar refractivity (Wildman–Crippen MR) is 98.1 cm³/mol. The molecular formula is C17H32N4O2S. The molecule has 2 saturated heterocycles. The van der Waals surface area contributed by atoms with Crippen molar-refractivity contribution in [2.45, 2.75) is 64.1 Å². The van der Waals surface area contributed by atoms with E-state index < -0.39 is 9.84 Å². The lowest BCUT2D eigenvalue weighted by molar-refractivity contribution is 0.197. The van der Waals surface area contributed by atoms with E-state index in [1.54, 1.807) is 0 Å². The minimum atomic E-state index is -2.82. The van der Waals surface area contributed by atoms with Crippen molar-refractivity contribution in [3.8, 4) is 0 Å². The van der Waals surface area contributed by atoms with Crippen LogP contribution in [0.3, 0.4) is 0 Å². The summed E-state index contributed by atoms with van der Waals surface area (Å²) < 4.78 is 23.2. The summed E-state index contributed by atoms with van der Waals surface area (Å²) in [5.74, 6) is 1.65. The van der Waals surface area contributed by atoms with Gasteiger partial charge in [-0.1, -0.05) is 0 Å². The van der Waals surface area contributed by atoms with Gasteiger partial charge in [0, 0.05) is 37.8 Å². The molecule has 138 valence electrons. The molecule has 0 aromatic rings. The lowest BCUT2D eigenvalue weighted by Crippen LogP contribution is -2.50. The number of aliphatic imine (C=N–C) groups is 1. The first-order valence-electron chi connectivity index (χ1n) is 9.43. The Hall–Kier alpha value is -0.820. The Morgan fingerprint density at radius 2 is 1.88 bits per heavy atom. The molecule has 7 heteroatoms. The van der Waals surface area contributed by atoms with Crippen molar-refractivity contribution in [1.29, 1.82) is 0 Å². The minimum Gasteiger partial charge on any atom is -0.354 e. The molecule has 1 aliphatic carbocycles. The third-order valence-electron chi connectivity index (χ3n) is 5.19. The number of rotatable bonds is 5. The summed E-state index contributed by atoms with van der Waals surface area (Å²) in [6.07, 6.45) is 5.83. The summed E-state index contributed by atoms with van der Waals surface area (Å²) in [7, 11) is -2.82. The van der Waals surface area contributed by atoms with E-state index in [1.807, 2.05) is 0 Å². The maximum Gasteiger partial charge on any atom is 0.191 e. The van der Waals surface area contributed by atoms with E-state index in [2.05, 4.69) is 34.4 Å². The van der Waals surface area contributed by atoms with Gasteiger partial charge in [0.15, 0.2) is 15.8 Å². The van der Waals surface area contributed by atoms with Crippen LogP contribution in [0.15, 0.2) is 4.99 Å². The Morgan fingerprint density at radius 1 is 1.17 bits per heavy atom. The van der Waals surface area contributed by atoms with Crippen LogP contribution in [-0.4, -0.2) is 68.5 Å². The zero-order chi connectivity index (χ0) is 17.2. The number of sulfone groups is 1. The van der Waals surface area contributed by atoms with Crippen molar-refractivity contribution in [3.63, 3.8) is 0 Å². The Balaban J connectivity index is 1.50. The first-order valence-corrected chi connectivity index (χ1v) is 11.3. The molecule has 1 atom stereocenters. The Labute approximate surface area is 146 Å². The van der Waals surface area contributed by atoms with Crippen molar-refractivity contribution in [2.24, 2.45) is 10.9 Å². The molecule has 0 aromatic heterocycles. The number of piperidine rings is 1. The van der Waals surface area contributed by atoms with Gasteiger partial charge < -0.3 is 15.5 Å². The molecule has 1 saturated carbocycles. The molecule has 24 heavy (non-hydrogen) atoms. The number of hydrogen-bond acceptors (Lipinski definition) is 4. The van der Waals surface area contributed by atoms with Crippen LogP contribution in [0.25, 0.3) is 0 Å². The van der Waals surface area contributed by atoms with E-state index in [0.29, 0.717) is 30.1 Å². The summed E-state index contributed by atoms with van der Waals surface area (Å²) in [6, 6.07) is 1.64. The molecule has 6 nitrogen and oxygen atoms in total. The molecule has 2 heterocycles. The molecule has 3 aliphatic rings. The van der Waals surface area contributed by atoms with Crippen molar-refractivity contribution in [2.75, 3.05) is 31.1 Å². The van der Waals surface area contributed by atoms with Gasteiger partial charge in [-0.2, -0.15) is 0 Å². The lowest BCUT2D eigenvalue weighted by atomic mass is 10.1. The zero-order valence-electron chi connectivity index (χ0n) is 15.0. The molecule has 2 N–H and O–H groups in total. The van der Waals surface area contributed by atoms with Gasteiger partial charge in [-0.05, 0) is 51.9 Å². The van der Waals surface area contributed by atoms with Crippen LogP contribution in [0.1, 0.15) is 46.0 Å². The molecule has 2 aliphatic heterocycles. The van der Waals surface area contributed by atoms with Gasteiger partial charge in [0.2, 0.25) is 0 Å². The fraction of sp³-hybridized carbons (Fsp3) is 0.941. The molecule has 1 unspecified atom stereocenters. The number of nitrogens with one attached hydrogen (secondary N) is 2. The van der Waals surface area contributed by atoms with E-state index in [9.17, 15) is 8.42 Å². The van der Waals surface area contributed by atoms with Crippen LogP contribution in [0, 0.1) is 5.92 Å². The highest BCUT2D eigenvalue weighted by atomic mass is 32.2. The van der Waals surface area contributed by atoms with E-state index in [1.165, 1.54) is 25.9 Å². The first-order chi connectivity index (χ1) is 11.4. The summed E-state index contributed by atoms with van der Waals surface area (Å²) in [5, 5.41) is 6.97. The maximum absolute atomic E-state index is 11.6. The summed E-state index contributed by atoms with van der Waals surface area (Å²) in [4.78, 5) is 7.31. The molecule has 0 aromatic carbocycles. The Morgan fingerprint density at radius 3 is 2.42 bits per heavy atom. The second-order valence-electron chi connectivity index (χ2n) is 7.94. The molecular weight excluding hydrogens is 324 g/mol. The van der Waals surface area contributed by atoms with Gasteiger partial charge >= 0.3 is 0 Å². The van der Waals surface area contributed by atoms with Crippen molar-refractivity contribution in [1.82, 2.24) is 15.5 Å². The molecule has 0 radical (unpaired) electrons. The Kier molecular flexibility index (Phi) is 5.70. The van der Waals surface area contributed by atoms with E-state index in [4.69, 9.17) is 0 Å². The second-order valence-corrected chi connectivity index (χ2v) is 10.2. The van der Waals surface area contributed by atoms with Crippen LogP contribution in [0.4, 0.5) is 0 Å². The third-order valence-corrected chi connectivity index (χ3v) is 7.03. The van der Waals surface area contributed by atoms with E-state index in [-0.39, 0.29) is 5.92 Å². The standard InChI is InChI=1S/C17H32N4O2S/c1-13(2)19-17(18-11-14-7-10-24(22,23)12-14)20-15-5-8-21(9-6-15)16-3-4-16/h13-16H,3-12H2,1-2H3,(H2,18,19,20). The van der Waals surface area contributed by atoms with Crippen LogP contribution >= 0.6 is 0 Å². The summed E-state index contributed by atoms with van der Waals surface area (Å²) in [5.41, 5.74) is 0. The van der Waals surface area contributed by atoms with Gasteiger partial charge in [-0.15, -0.1) is 0 Å². The summed E-state index contributed by atoms with van der Waals surface area (Å²) >= 11 is 0. The number of guanidine groups is 1. The molecule has 0 bridgehead atoms. The minimum absolute atomic E-state index is 0.178. The Bertz CT molecular complexity index is 549. The van der Waals surface area contributed by atoms with Crippen molar-refractivity contribution >= 4 is 15.8 Å². The van der Waals surface area contributed by atoms with Crippen molar-refractivity contribution < 1.29 is 8.42 Å². The number of nitrogens with zero attached hydrogens (tertiary/aromatic N) is 2. The highest BCUT2D eigenvalue weighted by Crippen LogP contribution is 2.29. The van der Waals surface area contributed by atoms with Gasteiger partial charge in [0.05, 0.1) is 11.5 Å². The van der Waals surface area contributed by atoms with Crippen LogP contribution in [0.5, 0.6) is 0 Å². The summed E-state index contributed by atoms with van der Waals surface area (Å²) in [6.45, 7) is 7.17. The van der Waals surface area contributed by atoms with Crippen molar-refractivity contribution in [3.05, 3.63) is 0 Å². The third kappa shape index (κ3) is 5.34. The van der Waals surface area contributed by atoms with Gasteiger partial charge in [0.1, 0.15) is 0 Å². The fourth-order valence-electron chi connectivity index (χ4n) is 3.68. The highest BCUT2D eigenvalue weighted by Gasteiger charge is 2.32. The monoisotopic (exact) mass is 356 g/mol. The predicted octanol–water partition coefficient (Wildman–Crippen LogP) is 0.992. The first kappa shape index (κ1) is 18.0. The molecule has 0 spiro atoms. The zero-order valence-corrected chi connectivity index (χ0v) is 15.8.